The van der Waals surface area contributed by atoms with Gasteiger partial charge in [0.05, 0.1) is 11.0 Å². The van der Waals surface area contributed by atoms with E-state index in [4.69, 9.17) is 27.4 Å². The number of hydrogen-bond acceptors (Lipinski definition) is 4. The first kappa shape index (κ1) is 13.6. The Morgan fingerprint density at radius 3 is 2.74 bits per heavy atom. The second-order valence-corrected chi connectivity index (χ2v) is 4.86. The third kappa shape index (κ3) is 2.78. The lowest BCUT2D eigenvalue weighted by Gasteiger charge is -2.31. The van der Waals surface area contributed by atoms with Crippen LogP contribution in [0.3, 0.4) is 0 Å². The van der Waals surface area contributed by atoms with E-state index in [-0.39, 0.29) is 23.5 Å². The average molecular weight is 280 g/mol. The van der Waals surface area contributed by atoms with Crippen molar-refractivity contribution in [1.82, 2.24) is 4.90 Å². The molecule has 0 bridgehead atoms. The molecule has 6 heteroatoms. The molecule has 2 atom stereocenters. The van der Waals surface area contributed by atoms with Gasteiger partial charge in [-0.1, -0.05) is 24.4 Å². The molecule has 1 aromatic rings. The smallest absolute Gasteiger partial charge is 0.267 e. The second kappa shape index (κ2) is 5.44. The van der Waals surface area contributed by atoms with Crippen LogP contribution in [-0.4, -0.2) is 41.6 Å². The van der Waals surface area contributed by atoms with Gasteiger partial charge in [-0.25, -0.2) is 0 Å². The number of amides is 1. The van der Waals surface area contributed by atoms with E-state index in [1.54, 1.807) is 26.1 Å². The van der Waals surface area contributed by atoms with Gasteiger partial charge in [-0.3, -0.25) is 4.79 Å². The minimum Gasteiger partial charge on any atom is -0.485 e. The number of likely N-dealkylation sites (N-methyl/N-ethyl adjacent to an activating group) is 1. The minimum absolute atomic E-state index is 0.185. The van der Waals surface area contributed by atoms with Crippen LogP contribution in [0.5, 0.6) is 11.5 Å². The molecule has 0 spiro atoms. The van der Waals surface area contributed by atoms with Gasteiger partial charge in [-0.2, -0.15) is 0 Å². The van der Waals surface area contributed by atoms with E-state index < -0.39 is 6.10 Å². The third-order valence-corrected chi connectivity index (χ3v) is 3.47. The summed E-state index contributed by atoms with van der Waals surface area (Å²) in [7, 11) is 1.65. The van der Waals surface area contributed by atoms with Crippen molar-refractivity contribution >= 4 is 23.1 Å². The summed E-state index contributed by atoms with van der Waals surface area (Å²) in [4.78, 5) is 14.0. The number of rotatable bonds is 3. The van der Waals surface area contributed by atoms with Gasteiger partial charge in [0.1, 0.15) is 6.61 Å². The zero-order valence-electron chi connectivity index (χ0n) is 10.8. The van der Waals surface area contributed by atoms with E-state index in [9.17, 15) is 4.79 Å². The Morgan fingerprint density at radius 1 is 1.47 bits per heavy atom. The molecule has 0 radical (unpaired) electrons. The van der Waals surface area contributed by atoms with Gasteiger partial charge in [0, 0.05) is 7.05 Å². The van der Waals surface area contributed by atoms with Crippen molar-refractivity contribution in [3.8, 4) is 11.5 Å². The van der Waals surface area contributed by atoms with E-state index in [1.807, 2.05) is 12.1 Å². The zero-order valence-corrected chi connectivity index (χ0v) is 11.6. The van der Waals surface area contributed by atoms with Crippen LogP contribution < -0.4 is 15.2 Å². The Kier molecular flexibility index (Phi) is 3.90. The Labute approximate surface area is 117 Å². The second-order valence-electron chi connectivity index (χ2n) is 4.39. The van der Waals surface area contributed by atoms with E-state index in [0.29, 0.717) is 11.5 Å². The maximum Gasteiger partial charge on any atom is 0.267 e. The summed E-state index contributed by atoms with van der Waals surface area (Å²) < 4.78 is 11.2. The third-order valence-electron chi connectivity index (χ3n) is 3.12. The maximum atomic E-state index is 12.3. The molecule has 1 aliphatic rings. The van der Waals surface area contributed by atoms with Crippen molar-refractivity contribution < 1.29 is 14.3 Å². The van der Waals surface area contributed by atoms with Gasteiger partial charge in [0.2, 0.25) is 6.10 Å². The van der Waals surface area contributed by atoms with Gasteiger partial charge in [0.25, 0.3) is 5.91 Å². The molecule has 0 fully saturated rings. The van der Waals surface area contributed by atoms with E-state index in [0.717, 1.165) is 0 Å². The summed E-state index contributed by atoms with van der Waals surface area (Å²) in [5.74, 6) is 1.02. The SMILES string of the molecule is CC(C(N)=S)N(C)C(=O)C1COc2ccccc2O1. The van der Waals surface area contributed by atoms with Crippen molar-refractivity contribution in [2.45, 2.75) is 19.1 Å². The molecule has 102 valence electrons. The van der Waals surface area contributed by atoms with Crippen LogP contribution in [0.1, 0.15) is 6.92 Å². The molecule has 2 N–H and O–H groups in total. The lowest BCUT2D eigenvalue weighted by Crippen LogP contribution is -2.50. The van der Waals surface area contributed by atoms with Crippen molar-refractivity contribution in [3.63, 3.8) is 0 Å². The summed E-state index contributed by atoms with van der Waals surface area (Å²) in [6.07, 6.45) is -0.670. The highest BCUT2D eigenvalue weighted by molar-refractivity contribution is 7.80. The molecular formula is C13H16N2O3S. The van der Waals surface area contributed by atoms with Crippen LogP contribution in [0.4, 0.5) is 0 Å². The Morgan fingerprint density at radius 2 is 2.11 bits per heavy atom. The predicted octanol–water partition coefficient (Wildman–Crippen LogP) is 0.959. The fraction of sp³-hybridized carbons (Fsp3) is 0.385. The quantitative estimate of drug-likeness (QED) is 0.835. The number of para-hydroxylation sites is 2. The summed E-state index contributed by atoms with van der Waals surface area (Å²) >= 11 is 4.89. The van der Waals surface area contributed by atoms with Crippen LogP contribution in [0, 0.1) is 0 Å². The van der Waals surface area contributed by atoms with Crippen LogP contribution in [0.25, 0.3) is 0 Å². The summed E-state index contributed by atoms with van der Waals surface area (Å²) in [5, 5.41) is 0. The first-order valence-corrected chi connectivity index (χ1v) is 6.36. The molecule has 0 aliphatic carbocycles. The first-order chi connectivity index (χ1) is 9.00. The number of nitrogens with two attached hydrogens (primary N) is 1. The van der Waals surface area contributed by atoms with Gasteiger partial charge in [-0.15, -0.1) is 0 Å². The highest BCUT2D eigenvalue weighted by Crippen LogP contribution is 2.31. The van der Waals surface area contributed by atoms with E-state index >= 15 is 0 Å². The molecule has 0 saturated carbocycles. The highest BCUT2D eigenvalue weighted by Gasteiger charge is 2.31. The zero-order chi connectivity index (χ0) is 14.0. The van der Waals surface area contributed by atoms with Crippen molar-refractivity contribution in [2.75, 3.05) is 13.7 Å². The Bertz CT molecular complexity index is 506. The Balaban J connectivity index is 2.08. The normalized spacial score (nSPS) is 18.5. The van der Waals surface area contributed by atoms with Crippen LogP contribution >= 0.6 is 12.2 Å². The lowest BCUT2D eigenvalue weighted by atomic mass is 10.2. The summed E-state index contributed by atoms with van der Waals surface area (Å²) in [5.41, 5.74) is 5.55. The molecule has 5 nitrogen and oxygen atoms in total. The standard InChI is InChI=1S/C13H16N2O3S/c1-8(12(14)19)15(2)13(16)11-7-17-9-5-3-4-6-10(9)18-11/h3-6,8,11H,7H2,1-2H3,(H2,14,19). The summed E-state index contributed by atoms with van der Waals surface area (Å²) in [6.45, 7) is 1.96. The number of nitrogens with zero attached hydrogens (tertiary/aromatic N) is 1. The van der Waals surface area contributed by atoms with Crippen molar-refractivity contribution in [3.05, 3.63) is 24.3 Å². The fourth-order valence-electron chi connectivity index (χ4n) is 1.75. The number of hydrogen-bond donors (Lipinski definition) is 1. The molecule has 1 aromatic carbocycles. The van der Waals surface area contributed by atoms with Crippen LogP contribution in [0.2, 0.25) is 0 Å². The Hall–Kier alpha value is -1.82. The number of fused-ring (bicyclic) bond motifs is 1. The van der Waals surface area contributed by atoms with Crippen LogP contribution in [-0.2, 0) is 4.79 Å². The van der Waals surface area contributed by atoms with E-state index in [1.165, 1.54) is 4.90 Å². The van der Waals surface area contributed by atoms with Gasteiger partial charge < -0.3 is 20.1 Å². The number of thiocarbonyl (C=S) groups is 1. The number of ether oxygens (including phenoxy) is 2. The largest absolute Gasteiger partial charge is 0.485 e. The first-order valence-electron chi connectivity index (χ1n) is 5.95. The van der Waals surface area contributed by atoms with Crippen LogP contribution in [0.15, 0.2) is 24.3 Å². The van der Waals surface area contributed by atoms with Crippen molar-refractivity contribution in [2.24, 2.45) is 5.73 Å². The molecule has 0 aromatic heterocycles. The number of benzene rings is 1. The molecule has 2 rings (SSSR count). The molecule has 1 amide bonds. The molecule has 0 saturated heterocycles. The van der Waals surface area contributed by atoms with Crippen molar-refractivity contribution in [1.29, 1.82) is 0 Å². The lowest BCUT2D eigenvalue weighted by molar-refractivity contribution is -0.140. The molecular weight excluding hydrogens is 264 g/mol. The topological polar surface area (TPSA) is 64.8 Å². The van der Waals surface area contributed by atoms with Gasteiger partial charge in [0.15, 0.2) is 11.5 Å². The van der Waals surface area contributed by atoms with Gasteiger partial charge >= 0.3 is 0 Å². The van der Waals surface area contributed by atoms with E-state index in [2.05, 4.69) is 0 Å². The number of carbonyl (C=O) groups is 1. The minimum atomic E-state index is -0.670. The molecule has 19 heavy (non-hydrogen) atoms. The fourth-order valence-corrected chi connectivity index (χ4v) is 1.91. The maximum absolute atomic E-state index is 12.3. The monoisotopic (exact) mass is 280 g/mol. The molecule has 1 aliphatic heterocycles. The summed E-state index contributed by atoms with van der Waals surface area (Å²) in [6, 6.07) is 6.94. The highest BCUT2D eigenvalue weighted by atomic mass is 32.1. The predicted molar refractivity (Wildman–Crippen MR) is 75.4 cm³/mol. The average Bonchev–Trinajstić information content (AvgIpc) is 2.44. The van der Waals surface area contributed by atoms with Gasteiger partial charge in [-0.05, 0) is 19.1 Å². The molecule has 1 heterocycles. The molecule has 2 unspecified atom stereocenters. The number of carbonyl (C=O) groups excluding carboxylic acids is 1.